The summed E-state index contributed by atoms with van der Waals surface area (Å²) in [7, 11) is 0. The van der Waals surface area contributed by atoms with Gasteiger partial charge in [-0.25, -0.2) is 0 Å². The number of carbonyl (C=O) groups excluding carboxylic acids is 1. The molecule has 0 fully saturated rings. The second kappa shape index (κ2) is 7.32. The highest BCUT2D eigenvalue weighted by Gasteiger charge is 2.35. The predicted molar refractivity (Wildman–Crippen MR) is 101 cm³/mol. The number of thioether (sulfide) groups is 1. The van der Waals surface area contributed by atoms with E-state index in [9.17, 15) is 4.79 Å². The number of amides is 1. The van der Waals surface area contributed by atoms with Crippen molar-refractivity contribution in [2.24, 2.45) is 10.1 Å². The number of aliphatic imine (C=N–C) groups is 1. The number of fused-ring (bicyclic) bond motifs is 1. The molecule has 0 aliphatic carbocycles. The number of hydrogen-bond donors (Lipinski definition) is 1. The molecule has 0 bridgehead atoms. The van der Waals surface area contributed by atoms with Gasteiger partial charge in [-0.2, -0.15) is 15.1 Å². The Balaban J connectivity index is 1.82. The van der Waals surface area contributed by atoms with Gasteiger partial charge in [-0.05, 0) is 48.4 Å². The van der Waals surface area contributed by atoms with Crippen molar-refractivity contribution >= 4 is 51.4 Å². The molecule has 1 N–H and O–H groups in total. The van der Waals surface area contributed by atoms with Crippen molar-refractivity contribution in [2.45, 2.75) is 32.6 Å². The Hall–Kier alpha value is -1.92. The number of hydrogen-bond acceptors (Lipinski definition) is 4. The van der Waals surface area contributed by atoms with Crippen molar-refractivity contribution in [3.63, 3.8) is 0 Å². The van der Waals surface area contributed by atoms with E-state index in [0.717, 1.165) is 36.3 Å². The molecule has 1 aromatic carbocycles. The average molecular weight is 361 g/mol. The Bertz CT molecular complexity index is 767. The first-order chi connectivity index (χ1) is 11.6. The second-order valence-electron chi connectivity index (χ2n) is 5.52. The van der Waals surface area contributed by atoms with Gasteiger partial charge in [-0.1, -0.05) is 43.5 Å². The SMILES string of the molecule is CCCCCC1=NN2C(=N)/C(=C/c3ccc(Cl)cc3)C(=O)N=C2S1. The minimum atomic E-state index is -0.404. The number of unbranched alkanes of at least 4 members (excludes halogenated alkanes) is 2. The van der Waals surface area contributed by atoms with Crippen LogP contribution in [0.15, 0.2) is 39.9 Å². The van der Waals surface area contributed by atoms with E-state index in [1.807, 2.05) is 0 Å². The number of benzene rings is 1. The molecule has 0 aromatic heterocycles. The Morgan fingerprint density at radius 2 is 2.04 bits per heavy atom. The molecule has 2 aliphatic heterocycles. The molecular formula is C17H17ClN4OS. The number of nitrogens with zero attached hydrogens (tertiary/aromatic N) is 3. The Kier molecular flexibility index (Phi) is 5.16. The fourth-order valence-corrected chi connectivity index (χ4v) is 3.44. The lowest BCUT2D eigenvalue weighted by atomic mass is 10.1. The van der Waals surface area contributed by atoms with Crippen LogP contribution in [0.2, 0.25) is 5.02 Å². The van der Waals surface area contributed by atoms with Gasteiger partial charge in [-0.3, -0.25) is 10.2 Å². The second-order valence-corrected chi connectivity index (χ2v) is 7.00. The van der Waals surface area contributed by atoms with E-state index >= 15 is 0 Å². The van der Waals surface area contributed by atoms with Crippen LogP contribution in [0.5, 0.6) is 0 Å². The number of rotatable bonds is 5. The van der Waals surface area contributed by atoms with E-state index in [2.05, 4.69) is 17.0 Å². The molecule has 0 unspecified atom stereocenters. The molecule has 1 aromatic rings. The van der Waals surface area contributed by atoms with Crippen molar-refractivity contribution in [1.29, 1.82) is 5.41 Å². The summed E-state index contributed by atoms with van der Waals surface area (Å²) in [5, 5.41) is 16.2. The van der Waals surface area contributed by atoms with E-state index in [1.165, 1.54) is 16.8 Å². The number of halogens is 1. The van der Waals surface area contributed by atoms with Crippen LogP contribution >= 0.6 is 23.4 Å². The third kappa shape index (κ3) is 3.60. The highest BCUT2D eigenvalue weighted by atomic mass is 35.5. The highest BCUT2D eigenvalue weighted by Crippen LogP contribution is 2.30. The topological polar surface area (TPSA) is 68.9 Å². The summed E-state index contributed by atoms with van der Waals surface area (Å²) >= 11 is 7.25. The normalized spacial score (nSPS) is 18.8. The lowest BCUT2D eigenvalue weighted by Gasteiger charge is -2.20. The molecule has 2 heterocycles. The Morgan fingerprint density at radius 1 is 1.29 bits per heavy atom. The summed E-state index contributed by atoms with van der Waals surface area (Å²) < 4.78 is 0. The first kappa shape index (κ1) is 16.9. The van der Waals surface area contributed by atoms with Gasteiger partial charge in [-0.15, -0.1) is 0 Å². The van der Waals surface area contributed by atoms with Gasteiger partial charge in [0.15, 0.2) is 5.84 Å². The summed E-state index contributed by atoms with van der Waals surface area (Å²) in [6, 6.07) is 7.09. The highest BCUT2D eigenvalue weighted by molar-refractivity contribution is 8.26. The molecule has 24 heavy (non-hydrogen) atoms. The smallest absolute Gasteiger partial charge is 0.282 e. The van der Waals surface area contributed by atoms with Gasteiger partial charge >= 0.3 is 0 Å². The maximum absolute atomic E-state index is 12.3. The van der Waals surface area contributed by atoms with Crippen LogP contribution in [0.1, 0.15) is 38.2 Å². The summed E-state index contributed by atoms with van der Waals surface area (Å²) in [4.78, 5) is 16.4. The monoisotopic (exact) mass is 360 g/mol. The summed E-state index contributed by atoms with van der Waals surface area (Å²) in [6.07, 6.45) is 5.84. The van der Waals surface area contributed by atoms with Gasteiger partial charge in [0.05, 0.1) is 5.57 Å². The average Bonchev–Trinajstić information content (AvgIpc) is 2.96. The standard InChI is InChI=1S/C17H17ClN4OS/c1-2-3-4-5-14-21-22-15(19)13(16(23)20-17(22)24-14)10-11-6-8-12(18)9-7-11/h6-10,19H,2-5H2,1H3/b13-10-,19-15?. The van der Waals surface area contributed by atoms with E-state index in [4.69, 9.17) is 17.0 Å². The fraction of sp³-hybridized carbons (Fsp3) is 0.294. The lowest BCUT2D eigenvalue weighted by molar-refractivity contribution is -0.114. The molecule has 124 valence electrons. The predicted octanol–water partition coefficient (Wildman–Crippen LogP) is 4.54. The molecule has 7 heteroatoms. The van der Waals surface area contributed by atoms with E-state index < -0.39 is 5.91 Å². The molecule has 0 atom stereocenters. The zero-order valence-electron chi connectivity index (χ0n) is 13.3. The molecular weight excluding hydrogens is 344 g/mol. The van der Waals surface area contributed by atoms with Gasteiger partial charge < -0.3 is 0 Å². The zero-order chi connectivity index (χ0) is 17.1. The maximum atomic E-state index is 12.3. The van der Waals surface area contributed by atoms with Crippen LogP contribution in [0.3, 0.4) is 0 Å². The largest absolute Gasteiger partial charge is 0.283 e. The maximum Gasteiger partial charge on any atom is 0.283 e. The van der Waals surface area contributed by atoms with Gasteiger partial charge in [0.1, 0.15) is 5.04 Å². The van der Waals surface area contributed by atoms with Crippen LogP contribution < -0.4 is 0 Å². The molecule has 0 saturated carbocycles. The van der Waals surface area contributed by atoms with Gasteiger partial charge in [0, 0.05) is 5.02 Å². The number of amidine groups is 2. The molecule has 0 spiro atoms. The minimum absolute atomic E-state index is 0.0675. The molecule has 0 saturated heterocycles. The van der Waals surface area contributed by atoms with Gasteiger partial charge in [0.2, 0.25) is 5.17 Å². The molecule has 3 rings (SSSR count). The first-order valence-corrected chi connectivity index (χ1v) is 9.02. The minimum Gasteiger partial charge on any atom is -0.282 e. The quantitative estimate of drug-likeness (QED) is 0.619. The molecule has 0 radical (unpaired) electrons. The number of carbonyl (C=O) groups is 1. The zero-order valence-corrected chi connectivity index (χ0v) is 14.8. The Labute approximate surface area is 150 Å². The molecule has 2 aliphatic rings. The van der Waals surface area contributed by atoms with Crippen molar-refractivity contribution in [3.8, 4) is 0 Å². The Morgan fingerprint density at radius 3 is 2.75 bits per heavy atom. The summed E-state index contributed by atoms with van der Waals surface area (Å²) in [5.74, 6) is -0.336. The van der Waals surface area contributed by atoms with Crippen LogP contribution in [0.4, 0.5) is 0 Å². The number of nitrogens with one attached hydrogen (secondary N) is 1. The van der Waals surface area contributed by atoms with Crippen molar-refractivity contribution in [2.75, 3.05) is 0 Å². The first-order valence-electron chi connectivity index (χ1n) is 7.83. The molecule has 5 nitrogen and oxygen atoms in total. The van der Waals surface area contributed by atoms with E-state index in [-0.39, 0.29) is 11.4 Å². The van der Waals surface area contributed by atoms with Crippen molar-refractivity contribution in [3.05, 3.63) is 40.4 Å². The van der Waals surface area contributed by atoms with Crippen molar-refractivity contribution in [1.82, 2.24) is 5.01 Å². The lowest BCUT2D eigenvalue weighted by Crippen LogP contribution is -2.35. The third-order valence-electron chi connectivity index (χ3n) is 3.67. The van der Waals surface area contributed by atoms with E-state index in [0.29, 0.717) is 10.2 Å². The van der Waals surface area contributed by atoms with Crippen LogP contribution in [-0.2, 0) is 4.79 Å². The van der Waals surface area contributed by atoms with Crippen LogP contribution in [-0.4, -0.2) is 27.0 Å². The summed E-state index contributed by atoms with van der Waals surface area (Å²) in [5.41, 5.74) is 1.03. The van der Waals surface area contributed by atoms with Gasteiger partial charge in [0.25, 0.3) is 5.91 Å². The van der Waals surface area contributed by atoms with Crippen LogP contribution in [0.25, 0.3) is 6.08 Å². The third-order valence-corrected chi connectivity index (χ3v) is 4.89. The number of hydrazone groups is 1. The molecule has 1 amide bonds. The van der Waals surface area contributed by atoms with Crippen molar-refractivity contribution < 1.29 is 4.79 Å². The van der Waals surface area contributed by atoms with Crippen LogP contribution in [0, 0.1) is 5.41 Å². The van der Waals surface area contributed by atoms with E-state index in [1.54, 1.807) is 30.3 Å². The fourth-order valence-electron chi connectivity index (χ4n) is 2.38. The summed E-state index contributed by atoms with van der Waals surface area (Å²) in [6.45, 7) is 2.15.